The van der Waals surface area contributed by atoms with Gasteiger partial charge in [-0.15, -0.1) is 0 Å². The number of thiocarbonyl (C=S) groups is 1. The number of nitrogens with one attached hydrogen (secondary N) is 1. The molecule has 1 aliphatic rings. The first-order chi connectivity index (χ1) is 5.74. The summed E-state index contributed by atoms with van der Waals surface area (Å²) in [7, 11) is 0. The van der Waals surface area contributed by atoms with Gasteiger partial charge in [0.1, 0.15) is 0 Å². The standard InChI is InChI=1S/C8H16N2OS/c9-8(12)10-7-4-2-1-3-6(7)5-11/h6-7,11H,1-5H2,(H3,9,10,12)/t6-,7-/m1/s1. The summed E-state index contributed by atoms with van der Waals surface area (Å²) in [5, 5.41) is 12.4. The third-order valence-corrected chi connectivity index (χ3v) is 2.59. The van der Waals surface area contributed by atoms with Gasteiger partial charge in [0.2, 0.25) is 0 Å². The average molecular weight is 188 g/mol. The van der Waals surface area contributed by atoms with Crippen LogP contribution >= 0.6 is 12.2 Å². The smallest absolute Gasteiger partial charge is 0.163 e. The van der Waals surface area contributed by atoms with Crippen LogP contribution in [0, 0.1) is 5.92 Å². The number of hydrogen-bond donors (Lipinski definition) is 3. The van der Waals surface area contributed by atoms with Crippen LogP contribution in [0.15, 0.2) is 0 Å². The van der Waals surface area contributed by atoms with Crippen molar-refractivity contribution in [1.82, 2.24) is 5.32 Å². The molecule has 0 bridgehead atoms. The van der Waals surface area contributed by atoms with Crippen molar-refractivity contribution >= 4 is 17.3 Å². The van der Waals surface area contributed by atoms with Crippen molar-refractivity contribution in [2.24, 2.45) is 11.7 Å². The second-order valence-electron chi connectivity index (χ2n) is 3.34. The van der Waals surface area contributed by atoms with Gasteiger partial charge in [0.25, 0.3) is 0 Å². The second kappa shape index (κ2) is 4.62. The van der Waals surface area contributed by atoms with E-state index in [0.717, 1.165) is 12.8 Å². The molecule has 0 aliphatic heterocycles. The van der Waals surface area contributed by atoms with Crippen molar-refractivity contribution in [3.8, 4) is 0 Å². The van der Waals surface area contributed by atoms with E-state index in [4.69, 9.17) is 23.1 Å². The van der Waals surface area contributed by atoms with Crippen molar-refractivity contribution in [3.63, 3.8) is 0 Å². The van der Waals surface area contributed by atoms with E-state index in [1.165, 1.54) is 12.8 Å². The van der Waals surface area contributed by atoms with Gasteiger partial charge in [0.15, 0.2) is 5.11 Å². The molecule has 1 saturated carbocycles. The first-order valence-corrected chi connectivity index (χ1v) is 4.81. The molecule has 2 atom stereocenters. The fourth-order valence-corrected chi connectivity index (χ4v) is 1.95. The van der Waals surface area contributed by atoms with Gasteiger partial charge in [-0.2, -0.15) is 0 Å². The minimum absolute atomic E-state index is 0.236. The predicted octanol–water partition coefficient (Wildman–Crippen LogP) is 0.371. The van der Waals surface area contributed by atoms with Crippen LogP contribution in [-0.2, 0) is 0 Å². The molecule has 3 nitrogen and oxygen atoms in total. The molecule has 0 heterocycles. The minimum atomic E-state index is 0.236. The van der Waals surface area contributed by atoms with Crippen LogP contribution in [0.25, 0.3) is 0 Å². The molecule has 4 heteroatoms. The zero-order chi connectivity index (χ0) is 8.97. The molecule has 1 aliphatic carbocycles. The van der Waals surface area contributed by atoms with Gasteiger partial charge in [-0.3, -0.25) is 0 Å². The third kappa shape index (κ3) is 2.60. The van der Waals surface area contributed by atoms with Crippen LogP contribution in [0.1, 0.15) is 25.7 Å². The number of hydrogen-bond acceptors (Lipinski definition) is 2. The normalized spacial score (nSPS) is 29.8. The van der Waals surface area contributed by atoms with Crippen LogP contribution in [0.3, 0.4) is 0 Å². The van der Waals surface area contributed by atoms with Crippen molar-refractivity contribution in [2.45, 2.75) is 31.7 Å². The van der Waals surface area contributed by atoms with Gasteiger partial charge in [-0.05, 0) is 25.1 Å². The van der Waals surface area contributed by atoms with Gasteiger partial charge in [0, 0.05) is 18.6 Å². The number of aliphatic hydroxyl groups excluding tert-OH is 1. The Morgan fingerprint density at radius 2 is 2.17 bits per heavy atom. The quantitative estimate of drug-likeness (QED) is 0.548. The van der Waals surface area contributed by atoms with Crippen LogP contribution < -0.4 is 11.1 Å². The maximum Gasteiger partial charge on any atom is 0.163 e. The van der Waals surface area contributed by atoms with Gasteiger partial charge in [0.05, 0.1) is 0 Å². The molecular weight excluding hydrogens is 172 g/mol. The Labute approximate surface area is 78.3 Å². The molecule has 0 amide bonds. The maximum absolute atomic E-state index is 9.05. The first kappa shape index (κ1) is 9.74. The highest BCUT2D eigenvalue weighted by Gasteiger charge is 2.24. The molecule has 70 valence electrons. The fourth-order valence-electron chi connectivity index (χ4n) is 1.80. The van der Waals surface area contributed by atoms with Gasteiger partial charge >= 0.3 is 0 Å². The second-order valence-corrected chi connectivity index (χ2v) is 3.78. The van der Waals surface area contributed by atoms with Gasteiger partial charge < -0.3 is 16.2 Å². The molecule has 12 heavy (non-hydrogen) atoms. The Morgan fingerprint density at radius 1 is 1.50 bits per heavy atom. The van der Waals surface area contributed by atoms with Crippen molar-refractivity contribution in [3.05, 3.63) is 0 Å². The molecule has 1 rings (SSSR count). The molecule has 0 aromatic carbocycles. The van der Waals surface area contributed by atoms with E-state index >= 15 is 0 Å². The minimum Gasteiger partial charge on any atom is -0.396 e. The van der Waals surface area contributed by atoms with Crippen LogP contribution in [-0.4, -0.2) is 22.9 Å². The van der Waals surface area contributed by atoms with E-state index in [2.05, 4.69) is 5.32 Å². The topological polar surface area (TPSA) is 58.3 Å². The Balaban J connectivity index is 2.41. The lowest BCUT2D eigenvalue weighted by molar-refractivity contribution is 0.163. The summed E-state index contributed by atoms with van der Waals surface area (Å²) in [6, 6.07) is 0.293. The lowest BCUT2D eigenvalue weighted by Crippen LogP contribution is -2.45. The van der Waals surface area contributed by atoms with Gasteiger partial charge in [-0.25, -0.2) is 0 Å². The summed E-state index contributed by atoms with van der Waals surface area (Å²) in [4.78, 5) is 0. The lowest BCUT2D eigenvalue weighted by Gasteiger charge is -2.30. The Bertz CT molecular complexity index is 163. The Hall–Kier alpha value is -0.350. The van der Waals surface area contributed by atoms with Crippen molar-refractivity contribution in [2.75, 3.05) is 6.61 Å². The summed E-state index contributed by atoms with van der Waals surface area (Å²) >= 11 is 4.76. The highest BCUT2D eigenvalue weighted by Crippen LogP contribution is 2.23. The summed E-state index contributed by atoms with van der Waals surface area (Å²) < 4.78 is 0. The van der Waals surface area contributed by atoms with Crippen LogP contribution in [0.2, 0.25) is 0 Å². The van der Waals surface area contributed by atoms with E-state index in [1.54, 1.807) is 0 Å². The molecule has 0 radical (unpaired) electrons. The summed E-state index contributed by atoms with van der Waals surface area (Å²) in [5.74, 6) is 0.334. The monoisotopic (exact) mass is 188 g/mol. The summed E-state index contributed by atoms with van der Waals surface area (Å²) in [6.07, 6.45) is 4.57. The molecule has 4 N–H and O–H groups in total. The summed E-state index contributed by atoms with van der Waals surface area (Å²) in [6.45, 7) is 0.236. The van der Waals surface area contributed by atoms with Crippen molar-refractivity contribution in [1.29, 1.82) is 0 Å². The highest BCUT2D eigenvalue weighted by molar-refractivity contribution is 7.80. The van der Waals surface area contributed by atoms with E-state index < -0.39 is 0 Å². The summed E-state index contributed by atoms with van der Waals surface area (Å²) in [5.41, 5.74) is 5.38. The van der Waals surface area contributed by atoms with E-state index in [9.17, 15) is 0 Å². The Morgan fingerprint density at radius 3 is 2.75 bits per heavy atom. The highest BCUT2D eigenvalue weighted by atomic mass is 32.1. The average Bonchev–Trinajstić information content (AvgIpc) is 2.04. The van der Waals surface area contributed by atoms with Crippen LogP contribution in [0.4, 0.5) is 0 Å². The molecule has 0 unspecified atom stereocenters. The molecule has 1 fully saturated rings. The molecular formula is C8H16N2OS. The van der Waals surface area contributed by atoms with E-state index in [-0.39, 0.29) is 6.61 Å². The maximum atomic E-state index is 9.05. The van der Waals surface area contributed by atoms with E-state index in [0.29, 0.717) is 17.1 Å². The lowest BCUT2D eigenvalue weighted by atomic mass is 9.85. The van der Waals surface area contributed by atoms with E-state index in [1.807, 2.05) is 0 Å². The largest absolute Gasteiger partial charge is 0.396 e. The molecule has 0 spiro atoms. The number of aliphatic hydroxyl groups is 1. The molecule has 0 aromatic rings. The fraction of sp³-hybridized carbons (Fsp3) is 0.875. The predicted molar refractivity (Wildman–Crippen MR) is 52.8 cm³/mol. The zero-order valence-corrected chi connectivity index (χ0v) is 7.94. The zero-order valence-electron chi connectivity index (χ0n) is 7.12. The molecule has 0 aromatic heterocycles. The van der Waals surface area contributed by atoms with Crippen LogP contribution in [0.5, 0.6) is 0 Å². The number of nitrogens with two attached hydrogens (primary N) is 1. The third-order valence-electron chi connectivity index (χ3n) is 2.47. The Kier molecular flexibility index (Phi) is 3.75. The van der Waals surface area contributed by atoms with Crippen molar-refractivity contribution < 1.29 is 5.11 Å². The number of rotatable bonds is 2. The molecule has 0 saturated heterocycles. The van der Waals surface area contributed by atoms with Gasteiger partial charge in [-0.1, -0.05) is 12.8 Å². The first-order valence-electron chi connectivity index (χ1n) is 4.41. The SMILES string of the molecule is NC(=S)N[C@@H]1CCCC[C@@H]1CO.